The third-order valence-corrected chi connectivity index (χ3v) is 2.55. The van der Waals surface area contributed by atoms with Gasteiger partial charge in [-0.3, -0.25) is 4.79 Å². The zero-order chi connectivity index (χ0) is 12.0. The van der Waals surface area contributed by atoms with Crippen LogP contribution in [-0.2, 0) is 11.2 Å². The van der Waals surface area contributed by atoms with E-state index < -0.39 is 6.04 Å². The second-order valence-corrected chi connectivity index (χ2v) is 4.11. The molecule has 0 aromatic heterocycles. The first-order chi connectivity index (χ1) is 7.63. The SMILES string of the molecule is CC[C@H](N)C(=O)NC(C)Cc1ccccc1. The van der Waals surface area contributed by atoms with Crippen molar-refractivity contribution in [3.8, 4) is 0 Å². The maximum atomic E-state index is 11.5. The van der Waals surface area contributed by atoms with Crippen LogP contribution < -0.4 is 11.1 Å². The number of rotatable bonds is 5. The quantitative estimate of drug-likeness (QED) is 0.789. The van der Waals surface area contributed by atoms with Gasteiger partial charge in [0.1, 0.15) is 0 Å². The number of carbonyl (C=O) groups excluding carboxylic acids is 1. The third-order valence-electron chi connectivity index (χ3n) is 2.55. The predicted molar refractivity (Wildman–Crippen MR) is 66.0 cm³/mol. The number of benzene rings is 1. The van der Waals surface area contributed by atoms with Crippen molar-refractivity contribution in [3.63, 3.8) is 0 Å². The van der Waals surface area contributed by atoms with Crippen molar-refractivity contribution < 1.29 is 4.79 Å². The van der Waals surface area contributed by atoms with E-state index in [1.54, 1.807) is 0 Å². The molecule has 0 heterocycles. The fraction of sp³-hybridized carbons (Fsp3) is 0.462. The van der Waals surface area contributed by atoms with Gasteiger partial charge in [0.15, 0.2) is 0 Å². The first-order valence-electron chi connectivity index (χ1n) is 5.73. The van der Waals surface area contributed by atoms with Gasteiger partial charge in [-0.25, -0.2) is 0 Å². The van der Waals surface area contributed by atoms with Gasteiger partial charge in [0.25, 0.3) is 0 Å². The summed E-state index contributed by atoms with van der Waals surface area (Å²) in [5.41, 5.74) is 6.87. The molecule has 0 saturated heterocycles. The van der Waals surface area contributed by atoms with E-state index in [-0.39, 0.29) is 11.9 Å². The second-order valence-electron chi connectivity index (χ2n) is 4.11. The maximum absolute atomic E-state index is 11.5. The van der Waals surface area contributed by atoms with E-state index in [9.17, 15) is 4.79 Å². The van der Waals surface area contributed by atoms with Crippen LogP contribution in [0.25, 0.3) is 0 Å². The van der Waals surface area contributed by atoms with Crippen molar-refractivity contribution >= 4 is 5.91 Å². The highest BCUT2D eigenvalue weighted by molar-refractivity contribution is 5.81. The standard InChI is InChI=1S/C13H20N2O/c1-3-12(14)13(16)15-10(2)9-11-7-5-4-6-8-11/h4-8,10,12H,3,9,14H2,1-2H3,(H,15,16)/t10?,12-/m0/s1. The first-order valence-corrected chi connectivity index (χ1v) is 5.73. The Balaban J connectivity index is 2.42. The normalized spacial score (nSPS) is 14.2. The molecule has 0 spiro atoms. The molecule has 1 unspecified atom stereocenters. The fourth-order valence-electron chi connectivity index (χ4n) is 1.55. The molecule has 0 aliphatic heterocycles. The fourth-order valence-corrected chi connectivity index (χ4v) is 1.55. The van der Waals surface area contributed by atoms with Crippen LogP contribution in [0.1, 0.15) is 25.8 Å². The molecule has 3 nitrogen and oxygen atoms in total. The van der Waals surface area contributed by atoms with Crippen molar-refractivity contribution in [2.24, 2.45) is 5.73 Å². The molecule has 0 saturated carbocycles. The number of hydrogen-bond donors (Lipinski definition) is 2. The lowest BCUT2D eigenvalue weighted by Gasteiger charge is -2.16. The summed E-state index contributed by atoms with van der Waals surface area (Å²) in [7, 11) is 0. The lowest BCUT2D eigenvalue weighted by atomic mass is 10.1. The molecule has 88 valence electrons. The largest absolute Gasteiger partial charge is 0.352 e. The van der Waals surface area contributed by atoms with Crippen molar-refractivity contribution in [1.29, 1.82) is 0 Å². The summed E-state index contributed by atoms with van der Waals surface area (Å²) < 4.78 is 0. The van der Waals surface area contributed by atoms with E-state index in [0.29, 0.717) is 6.42 Å². The Kier molecular flexibility index (Phi) is 4.99. The number of hydrogen-bond acceptors (Lipinski definition) is 2. The average Bonchev–Trinajstić information content (AvgIpc) is 2.29. The molecule has 1 aromatic rings. The molecule has 1 rings (SSSR count). The molecular weight excluding hydrogens is 200 g/mol. The Bertz CT molecular complexity index is 324. The van der Waals surface area contributed by atoms with Crippen molar-refractivity contribution in [2.75, 3.05) is 0 Å². The molecule has 1 aromatic carbocycles. The minimum Gasteiger partial charge on any atom is -0.352 e. The minimum absolute atomic E-state index is 0.0640. The number of nitrogens with one attached hydrogen (secondary N) is 1. The monoisotopic (exact) mass is 220 g/mol. The van der Waals surface area contributed by atoms with Gasteiger partial charge < -0.3 is 11.1 Å². The van der Waals surface area contributed by atoms with Crippen LogP contribution >= 0.6 is 0 Å². The second kappa shape index (κ2) is 6.28. The Labute approximate surface area is 97.0 Å². The van der Waals surface area contributed by atoms with Gasteiger partial charge in [0.2, 0.25) is 5.91 Å². The molecule has 3 N–H and O–H groups in total. The summed E-state index contributed by atoms with van der Waals surface area (Å²) in [5.74, 6) is -0.0640. The minimum atomic E-state index is -0.391. The van der Waals surface area contributed by atoms with E-state index in [2.05, 4.69) is 17.4 Å². The predicted octanol–water partition coefficient (Wildman–Crippen LogP) is 1.47. The average molecular weight is 220 g/mol. The van der Waals surface area contributed by atoms with Crippen LogP contribution in [0.5, 0.6) is 0 Å². The summed E-state index contributed by atoms with van der Waals surface area (Å²) >= 11 is 0. The zero-order valence-corrected chi connectivity index (χ0v) is 9.94. The van der Waals surface area contributed by atoms with E-state index in [0.717, 1.165) is 6.42 Å². The molecule has 0 radical (unpaired) electrons. The van der Waals surface area contributed by atoms with E-state index >= 15 is 0 Å². The van der Waals surface area contributed by atoms with E-state index in [4.69, 9.17) is 5.73 Å². The molecule has 3 heteroatoms. The van der Waals surface area contributed by atoms with Crippen molar-refractivity contribution in [2.45, 2.75) is 38.8 Å². The summed E-state index contributed by atoms with van der Waals surface area (Å²) in [6, 6.07) is 9.83. The molecule has 1 amide bonds. The molecule has 16 heavy (non-hydrogen) atoms. The van der Waals surface area contributed by atoms with Crippen LogP contribution in [0, 0.1) is 0 Å². The van der Waals surface area contributed by atoms with Gasteiger partial charge in [-0.05, 0) is 25.3 Å². The molecule has 0 fully saturated rings. The van der Waals surface area contributed by atoms with Gasteiger partial charge in [0, 0.05) is 6.04 Å². The highest BCUT2D eigenvalue weighted by Crippen LogP contribution is 2.02. The summed E-state index contributed by atoms with van der Waals surface area (Å²) in [6.07, 6.45) is 1.51. The van der Waals surface area contributed by atoms with Crippen LogP contribution in [0.3, 0.4) is 0 Å². The van der Waals surface area contributed by atoms with Gasteiger partial charge in [0.05, 0.1) is 6.04 Å². The molecular formula is C13H20N2O. The number of nitrogens with two attached hydrogens (primary N) is 1. The number of carbonyl (C=O) groups is 1. The lowest BCUT2D eigenvalue weighted by molar-refractivity contribution is -0.123. The van der Waals surface area contributed by atoms with Crippen LogP contribution in [0.2, 0.25) is 0 Å². The Morgan fingerprint density at radius 3 is 2.56 bits per heavy atom. The van der Waals surface area contributed by atoms with Crippen LogP contribution in [-0.4, -0.2) is 18.0 Å². The Hall–Kier alpha value is -1.35. The van der Waals surface area contributed by atoms with Crippen LogP contribution in [0.15, 0.2) is 30.3 Å². The van der Waals surface area contributed by atoms with E-state index in [1.807, 2.05) is 32.0 Å². The number of amides is 1. The smallest absolute Gasteiger partial charge is 0.237 e. The topological polar surface area (TPSA) is 55.1 Å². The lowest BCUT2D eigenvalue weighted by Crippen LogP contribution is -2.44. The van der Waals surface area contributed by atoms with Gasteiger partial charge in [-0.1, -0.05) is 37.3 Å². The van der Waals surface area contributed by atoms with Gasteiger partial charge >= 0.3 is 0 Å². The highest BCUT2D eigenvalue weighted by atomic mass is 16.2. The Morgan fingerprint density at radius 2 is 2.00 bits per heavy atom. The molecule has 0 aliphatic carbocycles. The summed E-state index contributed by atoms with van der Waals surface area (Å²) in [6.45, 7) is 3.90. The Morgan fingerprint density at radius 1 is 1.38 bits per heavy atom. The zero-order valence-electron chi connectivity index (χ0n) is 9.94. The van der Waals surface area contributed by atoms with Gasteiger partial charge in [-0.15, -0.1) is 0 Å². The summed E-state index contributed by atoms with van der Waals surface area (Å²) in [4.78, 5) is 11.5. The summed E-state index contributed by atoms with van der Waals surface area (Å²) in [5, 5.41) is 2.92. The van der Waals surface area contributed by atoms with Crippen molar-refractivity contribution in [3.05, 3.63) is 35.9 Å². The molecule has 0 bridgehead atoms. The molecule has 0 aliphatic rings. The molecule has 2 atom stereocenters. The maximum Gasteiger partial charge on any atom is 0.237 e. The third kappa shape index (κ3) is 4.03. The van der Waals surface area contributed by atoms with Crippen molar-refractivity contribution in [1.82, 2.24) is 5.32 Å². The van der Waals surface area contributed by atoms with E-state index in [1.165, 1.54) is 5.56 Å². The van der Waals surface area contributed by atoms with Crippen LogP contribution in [0.4, 0.5) is 0 Å². The first kappa shape index (κ1) is 12.7. The van der Waals surface area contributed by atoms with Gasteiger partial charge in [-0.2, -0.15) is 0 Å². The highest BCUT2D eigenvalue weighted by Gasteiger charge is 2.13.